The summed E-state index contributed by atoms with van der Waals surface area (Å²) >= 11 is 0. The molecule has 0 spiro atoms. The number of alkyl halides is 4. The van der Waals surface area contributed by atoms with Crippen molar-refractivity contribution in [1.29, 1.82) is 0 Å². The van der Waals surface area contributed by atoms with Crippen LogP contribution in [0.25, 0.3) is 0 Å². The Balaban J connectivity index is 2.30. The summed E-state index contributed by atoms with van der Waals surface area (Å²) in [6.45, 7) is 0. The molecule has 0 fully saturated rings. The molecular weight excluding hydrogens is 284 g/mol. The maximum Gasteiger partial charge on any atom is 0.507 e. The molecule has 20 heavy (non-hydrogen) atoms. The predicted molar refractivity (Wildman–Crippen MR) is 61.0 cm³/mol. The van der Waals surface area contributed by atoms with E-state index in [1.54, 1.807) is 0 Å². The van der Waals surface area contributed by atoms with Gasteiger partial charge in [-0.2, -0.15) is 22.7 Å². The Bertz CT molecular complexity index is 585. The van der Waals surface area contributed by atoms with E-state index in [9.17, 15) is 17.6 Å². The lowest BCUT2D eigenvalue weighted by Crippen LogP contribution is -2.52. The molecule has 2 rings (SSSR count). The van der Waals surface area contributed by atoms with Crippen LogP contribution in [0.2, 0.25) is 0 Å². The van der Waals surface area contributed by atoms with E-state index in [1.807, 2.05) is 0 Å². The van der Waals surface area contributed by atoms with Gasteiger partial charge in [-0.1, -0.05) is 0 Å². The highest BCUT2D eigenvalue weighted by molar-refractivity contribution is 5.82. The first-order valence-electron chi connectivity index (χ1n) is 5.11. The zero-order valence-corrected chi connectivity index (χ0v) is 9.69. The summed E-state index contributed by atoms with van der Waals surface area (Å²) in [6, 6.07) is 3.35. The molecule has 0 amide bonds. The Labute approximate surface area is 109 Å². The number of ether oxygens (including phenoxy) is 2. The van der Waals surface area contributed by atoms with Gasteiger partial charge < -0.3 is 20.9 Å². The van der Waals surface area contributed by atoms with Gasteiger partial charge in [-0.05, 0) is 23.8 Å². The van der Waals surface area contributed by atoms with Gasteiger partial charge in [0.25, 0.3) is 0 Å². The molecule has 6 nitrogen and oxygen atoms in total. The second kappa shape index (κ2) is 4.54. The highest BCUT2D eigenvalue weighted by Crippen LogP contribution is 2.46. The highest BCUT2D eigenvalue weighted by atomic mass is 19.3. The molecule has 0 saturated heterocycles. The summed E-state index contributed by atoms with van der Waals surface area (Å²) in [6.07, 6.45) is -8.39. The van der Waals surface area contributed by atoms with Crippen molar-refractivity contribution in [2.45, 2.75) is 12.2 Å². The number of rotatable bonds is 2. The van der Waals surface area contributed by atoms with Crippen LogP contribution >= 0.6 is 0 Å². The van der Waals surface area contributed by atoms with Crippen molar-refractivity contribution in [3.8, 4) is 11.5 Å². The standard InChI is InChI=1S/C10H8F4N4O2/c11-9(12)10(13,14)20-7-3-5(1-2-6(7)19-9)4-17-18-8(15)16/h1-4H,(H4,15,16,18). The molecule has 1 aliphatic heterocycles. The third-order valence-electron chi connectivity index (χ3n) is 2.16. The van der Waals surface area contributed by atoms with Crippen molar-refractivity contribution < 1.29 is 27.0 Å². The summed E-state index contributed by atoms with van der Waals surface area (Å²) in [5.74, 6) is -1.36. The molecule has 0 aromatic heterocycles. The Hall–Kier alpha value is -2.52. The summed E-state index contributed by atoms with van der Waals surface area (Å²) in [7, 11) is 0. The predicted octanol–water partition coefficient (Wildman–Crippen LogP) is 1.25. The van der Waals surface area contributed by atoms with Crippen LogP contribution in [-0.2, 0) is 0 Å². The molecule has 0 radical (unpaired) electrons. The quantitative estimate of drug-likeness (QED) is 0.371. The monoisotopic (exact) mass is 292 g/mol. The topological polar surface area (TPSA) is 95.2 Å². The molecule has 0 bridgehead atoms. The summed E-state index contributed by atoms with van der Waals surface area (Å²) in [5.41, 5.74) is 10.3. The van der Waals surface area contributed by atoms with Crippen LogP contribution in [0.4, 0.5) is 17.6 Å². The zero-order chi connectivity index (χ0) is 15.0. The van der Waals surface area contributed by atoms with E-state index < -0.39 is 23.7 Å². The van der Waals surface area contributed by atoms with Crippen LogP contribution in [0.5, 0.6) is 11.5 Å². The second-order valence-electron chi connectivity index (χ2n) is 3.71. The van der Waals surface area contributed by atoms with Crippen molar-refractivity contribution in [1.82, 2.24) is 0 Å². The van der Waals surface area contributed by atoms with E-state index in [-0.39, 0.29) is 11.5 Å². The number of nitrogens with two attached hydrogens (primary N) is 2. The van der Waals surface area contributed by atoms with E-state index >= 15 is 0 Å². The number of fused-ring (bicyclic) bond motifs is 1. The molecule has 1 aromatic carbocycles. The van der Waals surface area contributed by atoms with Crippen molar-refractivity contribution in [3.05, 3.63) is 23.8 Å². The first kappa shape index (κ1) is 13.9. The lowest BCUT2D eigenvalue weighted by Gasteiger charge is -2.31. The lowest BCUT2D eigenvalue weighted by molar-refractivity contribution is -0.391. The molecule has 0 unspecified atom stereocenters. The van der Waals surface area contributed by atoms with Crippen LogP contribution in [0.1, 0.15) is 5.56 Å². The third-order valence-corrected chi connectivity index (χ3v) is 2.16. The third kappa shape index (κ3) is 2.58. The summed E-state index contributed by atoms with van der Waals surface area (Å²) in [5, 5.41) is 6.72. The maximum absolute atomic E-state index is 13.0. The first-order chi connectivity index (χ1) is 9.21. The molecule has 10 heteroatoms. The number of benzene rings is 1. The number of hydrogen-bond donors (Lipinski definition) is 2. The fraction of sp³-hybridized carbons (Fsp3) is 0.200. The average molecular weight is 292 g/mol. The zero-order valence-electron chi connectivity index (χ0n) is 9.69. The van der Waals surface area contributed by atoms with E-state index in [2.05, 4.69) is 19.7 Å². The van der Waals surface area contributed by atoms with Crippen LogP contribution in [0.3, 0.4) is 0 Å². The number of halogens is 4. The fourth-order valence-electron chi connectivity index (χ4n) is 1.33. The maximum atomic E-state index is 13.0. The number of hydrogen-bond acceptors (Lipinski definition) is 4. The van der Waals surface area contributed by atoms with Gasteiger partial charge in [-0.15, -0.1) is 5.10 Å². The van der Waals surface area contributed by atoms with Gasteiger partial charge in [0.1, 0.15) is 0 Å². The minimum Gasteiger partial charge on any atom is -0.421 e. The molecule has 0 atom stereocenters. The van der Waals surface area contributed by atoms with Gasteiger partial charge >= 0.3 is 12.2 Å². The first-order valence-corrected chi connectivity index (χ1v) is 5.11. The van der Waals surface area contributed by atoms with E-state index in [4.69, 9.17) is 11.5 Å². The molecule has 108 valence electrons. The van der Waals surface area contributed by atoms with E-state index in [1.165, 1.54) is 6.07 Å². The molecule has 0 saturated carbocycles. The van der Waals surface area contributed by atoms with Crippen LogP contribution < -0.4 is 20.9 Å². The summed E-state index contributed by atoms with van der Waals surface area (Å²) < 4.78 is 59.6. The van der Waals surface area contributed by atoms with Gasteiger partial charge in [0.05, 0.1) is 6.21 Å². The average Bonchev–Trinajstić information content (AvgIpc) is 2.29. The van der Waals surface area contributed by atoms with E-state index in [0.29, 0.717) is 0 Å². The molecule has 1 heterocycles. The Kier molecular flexibility index (Phi) is 3.16. The number of nitrogens with zero attached hydrogens (tertiary/aromatic N) is 2. The van der Waals surface area contributed by atoms with Crippen molar-refractivity contribution in [2.24, 2.45) is 21.7 Å². The minimum absolute atomic E-state index is 0.248. The largest absolute Gasteiger partial charge is 0.507 e. The smallest absolute Gasteiger partial charge is 0.421 e. The van der Waals surface area contributed by atoms with Gasteiger partial charge in [-0.3, -0.25) is 0 Å². The van der Waals surface area contributed by atoms with Crippen molar-refractivity contribution in [2.75, 3.05) is 0 Å². The number of guanidine groups is 1. The Morgan fingerprint density at radius 1 is 1.05 bits per heavy atom. The van der Waals surface area contributed by atoms with Crippen molar-refractivity contribution in [3.63, 3.8) is 0 Å². The molecular formula is C10H8F4N4O2. The van der Waals surface area contributed by atoms with Crippen LogP contribution in [0.15, 0.2) is 28.4 Å². The SMILES string of the molecule is NC(N)=NN=Cc1ccc2c(c1)OC(F)(F)C(F)(F)O2. The fourth-order valence-corrected chi connectivity index (χ4v) is 1.33. The summed E-state index contributed by atoms with van der Waals surface area (Å²) in [4.78, 5) is 0. The highest BCUT2D eigenvalue weighted by Gasteiger charge is 2.65. The molecule has 1 aromatic rings. The Morgan fingerprint density at radius 3 is 2.25 bits per heavy atom. The van der Waals surface area contributed by atoms with Gasteiger partial charge in [0.15, 0.2) is 11.5 Å². The van der Waals surface area contributed by atoms with Crippen molar-refractivity contribution >= 4 is 12.2 Å². The minimum atomic E-state index is -4.77. The van der Waals surface area contributed by atoms with Crippen LogP contribution in [-0.4, -0.2) is 24.4 Å². The molecule has 1 aliphatic rings. The van der Waals surface area contributed by atoms with E-state index in [0.717, 1.165) is 18.3 Å². The Morgan fingerprint density at radius 2 is 1.65 bits per heavy atom. The lowest BCUT2D eigenvalue weighted by atomic mass is 10.2. The molecule has 4 N–H and O–H groups in total. The van der Waals surface area contributed by atoms with Crippen LogP contribution in [0, 0.1) is 0 Å². The van der Waals surface area contributed by atoms with Gasteiger partial charge in [-0.25, -0.2) is 0 Å². The van der Waals surface area contributed by atoms with Gasteiger partial charge in [0, 0.05) is 0 Å². The second-order valence-corrected chi connectivity index (χ2v) is 3.71. The van der Waals surface area contributed by atoms with Gasteiger partial charge in [0.2, 0.25) is 5.96 Å². The molecule has 0 aliphatic carbocycles. The normalized spacial score (nSPS) is 18.8.